The van der Waals surface area contributed by atoms with Crippen LogP contribution in [0, 0.1) is 5.92 Å². The van der Waals surface area contributed by atoms with Gasteiger partial charge in [-0.05, 0) is 38.5 Å². The average Bonchev–Trinajstić information content (AvgIpc) is 2.84. The lowest BCUT2D eigenvalue weighted by atomic mass is 10.0. The van der Waals surface area contributed by atoms with Gasteiger partial charge in [-0.2, -0.15) is 26.3 Å². The van der Waals surface area contributed by atoms with Crippen LogP contribution in [0.25, 0.3) is 0 Å². The van der Waals surface area contributed by atoms with Gasteiger partial charge in [0, 0.05) is 0 Å². The molecule has 0 radical (unpaired) electrons. The van der Waals surface area contributed by atoms with Crippen molar-refractivity contribution in [3.05, 3.63) is 48.6 Å². The van der Waals surface area contributed by atoms with Crippen LogP contribution in [-0.4, -0.2) is 49.6 Å². The molecule has 0 saturated heterocycles. The van der Waals surface area contributed by atoms with Gasteiger partial charge < -0.3 is 14.2 Å². The fraction of sp³-hybridized carbons (Fsp3) is 0.577. The van der Waals surface area contributed by atoms with Crippen molar-refractivity contribution in [2.75, 3.05) is 13.2 Å². The van der Waals surface area contributed by atoms with Crippen molar-refractivity contribution < 1.29 is 54.9 Å². The molecule has 0 aliphatic heterocycles. The summed E-state index contributed by atoms with van der Waals surface area (Å²) in [7, 11) is 0. The smallest absolute Gasteiger partial charge is 0.455 e. The first-order valence-corrected chi connectivity index (χ1v) is 12.1. The number of halogens is 6. The second-order valence-electron chi connectivity index (χ2n) is 7.97. The first-order chi connectivity index (χ1) is 17.8. The summed E-state index contributed by atoms with van der Waals surface area (Å²) >= 11 is 0. The molecule has 0 saturated carbocycles. The highest BCUT2D eigenvalue weighted by Gasteiger charge is 2.43. The van der Waals surface area contributed by atoms with Gasteiger partial charge in [-0.15, -0.1) is 0 Å². The van der Waals surface area contributed by atoms with Gasteiger partial charge in [0.1, 0.15) is 13.2 Å². The molecule has 0 fully saturated rings. The predicted octanol–water partition coefficient (Wildman–Crippen LogP) is 6.72. The standard InChI is InChI=1S/C26H34F6O6/c1-3-5-6-7-8-9-10-11-12-13-14-15-16-17-20(4-2)22(33)38-21(18-36-23(34)25(27,28)29)19-37-24(35)26(30,31)32/h6-7,9-10,12-13,15-16,20-21H,3-5,8,11,14,17-19H2,1-2H3/b7-6-,10-9-,13-12-,16-15-. The van der Waals surface area contributed by atoms with Crippen LogP contribution in [-0.2, 0) is 28.6 Å². The molecule has 0 aromatic rings. The first kappa shape index (κ1) is 35.0. The summed E-state index contributed by atoms with van der Waals surface area (Å²) in [5.74, 6) is -7.01. The van der Waals surface area contributed by atoms with Crippen molar-refractivity contribution >= 4 is 17.9 Å². The number of ether oxygens (including phenoxy) is 3. The quantitative estimate of drug-likeness (QED) is 0.0857. The number of unbranched alkanes of at least 4 members (excludes halogenated alkanes) is 1. The van der Waals surface area contributed by atoms with E-state index >= 15 is 0 Å². The van der Waals surface area contributed by atoms with Crippen LogP contribution in [0.2, 0.25) is 0 Å². The van der Waals surface area contributed by atoms with E-state index in [1.807, 2.05) is 18.2 Å². The fourth-order valence-corrected chi connectivity index (χ4v) is 2.67. The lowest BCUT2D eigenvalue weighted by molar-refractivity contribution is -0.210. The Morgan fingerprint density at radius 1 is 0.684 bits per heavy atom. The van der Waals surface area contributed by atoms with E-state index in [1.165, 1.54) is 0 Å². The van der Waals surface area contributed by atoms with Gasteiger partial charge in [0.05, 0.1) is 5.92 Å². The zero-order valence-electron chi connectivity index (χ0n) is 21.4. The van der Waals surface area contributed by atoms with Gasteiger partial charge in [-0.25, -0.2) is 9.59 Å². The maximum absolute atomic E-state index is 12.4. The molecule has 0 spiro atoms. The van der Waals surface area contributed by atoms with Gasteiger partial charge in [-0.3, -0.25) is 4.79 Å². The largest absolute Gasteiger partial charge is 0.490 e. The summed E-state index contributed by atoms with van der Waals surface area (Å²) in [6, 6.07) is 0. The molecule has 0 amide bonds. The summed E-state index contributed by atoms with van der Waals surface area (Å²) in [6.45, 7) is 1.23. The first-order valence-electron chi connectivity index (χ1n) is 12.1. The van der Waals surface area contributed by atoms with Gasteiger partial charge >= 0.3 is 30.3 Å². The topological polar surface area (TPSA) is 78.9 Å². The molecular formula is C26H34F6O6. The molecule has 38 heavy (non-hydrogen) atoms. The Morgan fingerprint density at radius 2 is 1.11 bits per heavy atom. The van der Waals surface area contributed by atoms with E-state index in [1.54, 1.807) is 19.1 Å². The molecular weight excluding hydrogens is 522 g/mol. The second-order valence-corrected chi connectivity index (χ2v) is 7.97. The summed E-state index contributed by atoms with van der Waals surface area (Å²) in [5.41, 5.74) is 0. The Morgan fingerprint density at radius 3 is 1.50 bits per heavy atom. The van der Waals surface area contributed by atoms with E-state index < -0.39 is 55.5 Å². The minimum atomic E-state index is -5.37. The summed E-state index contributed by atoms with van der Waals surface area (Å²) in [4.78, 5) is 34.2. The third kappa shape index (κ3) is 17.4. The Kier molecular flexibility index (Phi) is 17.6. The second kappa shape index (κ2) is 19.1. The van der Waals surface area contributed by atoms with E-state index in [9.17, 15) is 40.7 Å². The molecule has 1 unspecified atom stereocenters. The van der Waals surface area contributed by atoms with Crippen molar-refractivity contribution in [3.63, 3.8) is 0 Å². The van der Waals surface area contributed by atoms with Crippen molar-refractivity contribution in [1.29, 1.82) is 0 Å². The Balaban J connectivity index is 4.77. The number of hydrogen-bond donors (Lipinski definition) is 0. The third-order valence-electron chi connectivity index (χ3n) is 4.73. The van der Waals surface area contributed by atoms with E-state index in [-0.39, 0.29) is 12.8 Å². The summed E-state index contributed by atoms with van der Waals surface area (Å²) in [6.07, 6.45) is 7.93. The maximum Gasteiger partial charge on any atom is 0.490 e. The predicted molar refractivity (Wildman–Crippen MR) is 128 cm³/mol. The van der Waals surface area contributed by atoms with E-state index in [0.717, 1.165) is 25.7 Å². The molecule has 6 nitrogen and oxygen atoms in total. The molecule has 0 aromatic carbocycles. The van der Waals surface area contributed by atoms with Gasteiger partial charge in [-0.1, -0.05) is 68.9 Å². The average molecular weight is 557 g/mol. The van der Waals surface area contributed by atoms with Gasteiger partial charge in [0.2, 0.25) is 0 Å². The van der Waals surface area contributed by atoms with Crippen LogP contribution < -0.4 is 0 Å². The highest BCUT2D eigenvalue weighted by molar-refractivity contribution is 5.76. The lowest BCUT2D eigenvalue weighted by Crippen LogP contribution is -2.37. The van der Waals surface area contributed by atoms with Crippen LogP contribution in [0.4, 0.5) is 26.3 Å². The normalized spacial score (nSPS) is 13.7. The molecule has 1 atom stereocenters. The number of allylic oxidation sites excluding steroid dienone is 8. The number of rotatable bonds is 17. The number of carbonyl (C=O) groups is 3. The third-order valence-corrected chi connectivity index (χ3v) is 4.73. The number of hydrogen-bond acceptors (Lipinski definition) is 6. The summed E-state index contributed by atoms with van der Waals surface area (Å²) in [5, 5.41) is 0. The van der Waals surface area contributed by atoms with Crippen molar-refractivity contribution in [2.24, 2.45) is 5.92 Å². The van der Waals surface area contributed by atoms with Crippen LogP contribution in [0.5, 0.6) is 0 Å². The van der Waals surface area contributed by atoms with E-state index in [0.29, 0.717) is 6.42 Å². The molecule has 0 aliphatic carbocycles. The zero-order chi connectivity index (χ0) is 29.0. The Bertz CT molecular complexity index is 797. The summed E-state index contributed by atoms with van der Waals surface area (Å²) < 4.78 is 86.8. The minimum Gasteiger partial charge on any atom is -0.455 e. The van der Waals surface area contributed by atoms with E-state index in [4.69, 9.17) is 4.74 Å². The van der Waals surface area contributed by atoms with Crippen LogP contribution in [0.3, 0.4) is 0 Å². The van der Waals surface area contributed by atoms with E-state index in [2.05, 4.69) is 34.6 Å². The monoisotopic (exact) mass is 556 g/mol. The number of esters is 3. The van der Waals surface area contributed by atoms with Crippen molar-refractivity contribution in [1.82, 2.24) is 0 Å². The number of alkyl halides is 6. The molecule has 0 N–H and O–H groups in total. The molecule has 0 bridgehead atoms. The molecule has 216 valence electrons. The SMILES string of the molecule is CCC/C=C\C/C=C\C/C=C\C/C=C\CC(CC)C(=O)OC(COC(=O)C(F)(F)F)COC(=O)C(F)(F)F. The molecule has 0 aliphatic rings. The number of carbonyl (C=O) groups excluding carboxylic acids is 3. The Labute approximate surface area is 218 Å². The van der Waals surface area contributed by atoms with Crippen LogP contribution >= 0.6 is 0 Å². The lowest BCUT2D eigenvalue weighted by Gasteiger charge is -2.21. The molecule has 0 heterocycles. The maximum atomic E-state index is 12.4. The highest BCUT2D eigenvalue weighted by atomic mass is 19.4. The van der Waals surface area contributed by atoms with Crippen molar-refractivity contribution in [3.8, 4) is 0 Å². The Hall–Kier alpha value is -3.05. The fourth-order valence-electron chi connectivity index (χ4n) is 2.67. The minimum absolute atomic E-state index is 0.185. The van der Waals surface area contributed by atoms with Gasteiger partial charge in [0.25, 0.3) is 0 Å². The highest BCUT2D eigenvalue weighted by Crippen LogP contribution is 2.19. The van der Waals surface area contributed by atoms with Crippen LogP contribution in [0.15, 0.2) is 48.6 Å². The van der Waals surface area contributed by atoms with Crippen molar-refractivity contribution in [2.45, 2.75) is 77.2 Å². The molecule has 0 rings (SSSR count). The van der Waals surface area contributed by atoms with Crippen LogP contribution in [0.1, 0.15) is 58.8 Å². The zero-order valence-corrected chi connectivity index (χ0v) is 21.4. The molecule has 0 aromatic heterocycles. The molecule has 12 heteroatoms. The van der Waals surface area contributed by atoms with Gasteiger partial charge in [0.15, 0.2) is 6.10 Å².